The number of carbonyl (C=O) groups is 1. The van der Waals surface area contributed by atoms with Crippen LogP contribution in [0.5, 0.6) is 0 Å². The van der Waals surface area contributed by atoms with Crippen molar-refractivity contribution >= 4 is 12.0 Å². The molecular weight excluding hydrogens is 199 g/mol. The summed E-state index contributed by atoms with van der Waals surface area (Å²) in [5.74, 6) is -1.40. The van der Waals surface area contributed by atoms with Crippen molar-refractivity contribution in [1.82, 2.24) is 4.98 Å². The van der Waals surface area contributed by atoms with Gasteiger partial charge in [-0.05, 0) is 12.1 Å². The minimum Gasteiger partial charge on any atom is -0.465 e. The van der Waals surface area contributed by atoms with Crippen molar-refractivity contribution in [3.8, 4) is 6.07 Å². The van der Waals surface area contributed by atoms with Crippen molar-refractivity contribution in [2.75, 3.05) is 7.11 Å². The number of halogens is 1. The predicted molar refractivity (Wildman–Crippen MR) is 49.8 cm³/mol. The molecule has 0 fully saturated rings. The SMILES string of the molecule is COC(=O)/C(C#N)=C\c1ccncc1F. The molecule has 0 saturated heterocycles. The smallest absolute Gasteiger partial charge is 0.348 e. The predicted octanol–water partition coefficient (Wildman–Crippen LogP) is 1.30. The molecule has 5 heteroatoms. The third kappa shape index (κ3) is 2.61. The van der Waals surface area contributed by atoms with Gasteiger partial charge in [-0.1, -0.05) is 0 Å². The molecule has 1 heterocycles. The van der Waals surface area contributed by atoms with Gasteiger partial charge in [0.15, 0.2) is 0 Å². The van der Waals surface area contributed by atoms with Crippen LogP contribution < -0.4 is 0 Å². The van der Waals surface area contributed by atoms with E-state index in [1.165, 1.54) is 12.3 Å². The van der Waals surface area contributed by atoms with Crippen LogP contribution in [-0.4, -0.2) is 18.1 Å². The fourth-order valence-electron chi connectivity index (χ4n) is 0.905. The van der Waals surface area contributed by atoms with Gasteiger partial charge in [-0.2, -0.15) is 5.26 Å². The lowest BCUT2D eigenvalue weighted by molar-refractivity contribution is -0.135. The molecule has 0 aromatic carbocycles. The summed E-state index contributed by atoms with van der Waals surface area (Å²) in [4.78, 5) is 14.5. The average Bonchev–Trinajstić information content (AvgIpc) is 2.27. The second-order valence-corrected chi connectivity index (χ2v) is 2.56. The lowest BCUT2D eigenvalue weighted by atomic mass is 10.1. The Kier molecular flexibility index (Phi) is 3.52. The molecule has 1 rings (SSSR count). The van der Waals surface area contributed by atoms with Crippen LogP contribution in [0.2, 0.25) is 0 Å². The second-order valence-electron chi connectivity index (χ2n) is 2.56. The number of methoxy groups -OCH3 is 1. The van der Waals surface area contributed by atoms with E-state index in [9.17, 15) is 9.18 Å². The van der Waals surface area contributed by atoms with E-state index in [-0.39, 0.29) is 11.1 Å². The highest BCUT2D eigenvalue weighted by Crippen LogP contribution is 2.10. The zero-order valence-electron chi connectivity index (χ0n) is 7.90. The Balaban J connectivity index is 3.11. The molecule has 0 atom stereocenters. The topological polar surface area (TPSA) is 63.0 Å². The summed E-state index contributed by atoms with van der Waals surface area (Å²) in [6, 6.07) is 2.98. The Bertz CT molecular complexity index is 449. The monoisotopic (exact) mass is 206 g/mol. The second kappa shape index (κ2) is 4.86. The Morgan fingerprint density at radius 2 is 2.47 bits per heavy atom. The van der Waals surface area contributed by atoms with Crippen LogP contribution in [0.15, 0.2) is 24.0 Å². The van der Waals surface area contributed by atoms with E-state index in [0.717, 1.165) is 19.4 Å². The molecule has 76 valence electrons. The molecule has 0 aliphatic carbocycles. The van der Waals surface area contributed by atoms with Crippen LogP contribution in [0.4, 0.5) is 4.39 Å². The highest BCUT2D eigenvalue weighted by molar-refractivity contribution is 5.97. The van der Waals surface area contributed by atoms with Gasteiger partial charge in [0.1, 0.15) is 17.5 Å². The zero-order chi connectivity index (χ0) is 11.3. The molecule has 15 heavy (non-hydrogen) atoms. The molecule has 0 saturated carbocycles. The summed E-state index contributed by atoms with van der Waals surface area (Å²) in [7, 11) is 1.15. The normalized spacial score (nSPS) is 10.6. The number of carbonyl (C=O) groups excluding carboxylic acids is 1. The van der Waals surface area contributed by atoms with Gasteiger partial charge in [0.05, 0.1) is 13.3 Å². The number of ether oxygens (including phenoxy) is 1. The fraction of sp³-hybridized carbons (Fsp3) is 0.100. The van der Waals surface area contributed by atoms with Gasteiger partial charge in [0.25, 0.3) is 0 Å². The number of rotatable bonds is 2. The maximum Gasteiger partial charge on any atom is 0.348 e. The summed E-state index contributed by atoms with van der Waals surface area (Å²) in [6.45, 7) is 0. The Labute approximate surface area is 85.6 Å². The van der Waals surface area contributed by atoms with E-state index in [2.05, 4.69) is 9.72 Å². The van der Waals surface area contributed by atoms with Crippen LogP contribution in [-0.2, 0) is 9.53 Å². The van der Waals surface area contributed by atoms with E-state index < -0.39 is 11.8 Å². The average molecular weight is 206 g/mol. The number of hydrogen-bond donors (Lipinski definition) is 0. The maximum atomic E-state index is 13.1. The van der Waals surface area contributed by atoms with Crippen LogP contribution in [0.3, 0.4) is 0 Å². The Hall–Kier alpha value is -2.22. The number of pyridine rings is 1. The Morgan fingerprint density at radius 3 is 3.00 bits per heavy atom. The summed E-state index contributed by atoms with van der Waals surface area (Å²) in [5.41, 5.74) is -0.144. The molecule has 0 radical (unpaired) electrons. The number of nitriles is 1. The first-order chi connectivity index (χ1) is 7.19. The molecule has 0 N–H and O–H groups in total. The zero-order valence-corrected chi connectivity index (χ0v) is 7.90. The number of nitrogens with zero attached hydrogens (tertiary/aromatic N) is 2. The minimum absolute atomic E-state index is 0.118. The van der Waals surface area contributed by atoms with Gasteiger partial charge in [-0.3, -0.25) is 4.98 Å². The van der Waals surface area contributed by atoms with Gasteiger partial charge >= 0.3 is 5.97 Å². The van der Waals surface area contributed by atoms with Crippen molar-refractivity contribution in [2.45, 2.75) is 0 Å². The first-order valence-electron chi connectivity index (χ1n) is 3.98. The van der Waals surface area contributed by atoms with Crippen LogP contribution in [0.1, 0.15) is 5.56 Å². The number of aromatic nitrogens is 1. The summed E-state index contributed by atoms with van der Waals surface area (Å²) in [5, 5.41) is 8.62. The third-order valence-corrected chi connectivity index (χ3v) is 1.63. The Morgan fingerprint density at radius 1 is 1.73 bits per heavy atom. The van der Waals surface area contributed by atoms with Crippen LogP contribution >= 0.6 is 0 Å². The molecular formula is C10H7FN2O2. The van der Waals surface area contributed by atoms with Gasteiger partial charge < -0.3 is 4.74 Å². The molecule has 1 aromatic heterocycles. The molecule has 0 aliphatic rings. The van der Waals surface area contributed by atoms with E-state index >= 15 is 0 Å². The molecule has 0 spiro atoms. The summed E-state index contributed by atoms with van der Waals surface area (Å²) >= 11 is 0. The van der Waals surface area contributed by atoms with Gasteiger partial charge in [0.2, 0.25) is 0 Å². The largest absolute Gasteiger partial charge is 0.465 e. The standard InChI is InChI=1S/C10H7FN2O2/c1-15-10(14)8(5-12)4-7-2-3-13-6-9(7)11/h2-4,6H,1H3/b8-4-. The van der Waals surface area contributed by atoms with E-state index in [0.29, 0.717) is 0 Å². The summed E-state index contributed by atoms with van der Waals surface area (Å²) in [6.07, 6.45) is 3.47. The van der Waals surface area contributed by atoms with Crippen LogP contribution in [0, 0.1) is 17.1 Å². The molecule has 0 amide bonds. The highest BCUT2D eigenvalue weighted by Gasteiger charge is 2.09. The lowest BCUT2D eigenvalue weighted by Gasteiger charge is -1.97. The molecule has 0 aliphatic heterocycles. The van der Waals surface area contributed by atoms with Crippen molar-refractivity contribution < 1.29 is 13.9 Å². The number of hydrogen-bond acceptors (Lipinski definition) is 4. The van der Waals surface area contributed by atoms with Gasteiger partial charge in [-0.25, -0.2) is 9.18 Å². The molecule has 0 bridgehead atoms. The molecule has 1 aromatic rings. The minimum atomic E-state index is -0.797. The van der Waals surface area contributed by atoms with Crippen molar-refractivity contribution in [3.05, 3.63) is 35.4 Å². The van der Waals surface area contributed by atoms with Crippen LogP contribution in [0.25, 0.3) is 6.08 Å². The van der Waals surface area contributed by atoms with Crippen molar-refractivity contribution in [2.24, 2.45) is 0 Å². The van der Waals surface area contributed by atoms with Crippen molar-refractivity contribution in [1.29, 1.82) is 5.26 Å². The number of esters is 1. The van der Waals surface area contributed by atoms with Gasteiger partial charge in [-0.15, -0.1) is 0 Å². The lowest BCUT2D eigenvalue weighted by Crippen LogP contribution is -2.02. The van der Waals surface area contributed by atoms with Gasteiger partial charge in [0, 0.05) is 11.8 Å². The first-order valence-corrected chi connectivity index (χ1v) is 3.98. The van der Waals surface area contributed by atoms with E-state index in [4.69, 9.17) is 5.26 Å². The third-order valence-electron chi connectivity index (χ3n) is 1.63. The van der Waals surface area contributed by atoms with E-state index in [1.54, 1.807) is 6.07 Å². The molecule has 4 nitrogen and oxygen atoms in total. The fourth-order valence-corrected chi connectivity index (χ4v) is 0.905. The van der Waals surface area contributed by atoms with Crippen molar-refractivity contribution in [3.63, 3.8) is 0 Å². The first kappa shape index (κ1) is 10.9. The maximum absolute atomic E-state index is 13.1. The quantitative estimate of drug-likeness (QED) is 0.415. The summed E-state index contributed by atoms with van der Waals surface area (Å²) < 4.78 is 17.4. The van der Waals surface area contributed by atoms with E-state index in [1.807, 2.05) is 0 Å². The highest BCUT2D eigenvalue weighted by atomic mass is 19.1. The molecule has 0 unspecified atom stereocenters.